The summed E-state index contributed by atoms with van der Waals surface area (Å²) < 4.78 is 5.04. The van der Waals surface area contributed by atoms with Gasteiger partial charge < -0.3 is 9.63 Å². The summed E-state index contributed by atoms with van der Waals surface area (Å²) in [6.07, 6.45) is 2.49. The molecule has 1 aromatic rings. The molecule has 1 aliphatic rings. The van der Waals surface area contributed by atoms with E-state index in [1.165, 1.54) is 11.8 Å². The minimum atomic E-state index is -0.772. The molecule has 1 N–H and O–H groups in total. The number of thioether (sulfide) groups is 1. The van der Waals surface area contributed by atoms with Gasteiger partial charge in [-0.05, 0) is 12.8 Å². The molecule has 82 valence electrons. The van der Waals surface area contributed by atoms with Gasteiger partial charge in [0.25, 0.3) is 0 Å². The molecule has 0 aromatic carbocycles. The van der Waals surface area contributed by atoms with Crippen molar-refractivity contribution in [1.82, 2.24) is 10.1 Å². The topological polar surface area (TPSA) is 76.2 Å². The maximum absolute atomic E-state index is 10.2. The SMILES string of the molecule is O=C(O)CCSCc1nc(C2CC2)no1. The lowest BCUT2D eigenvalue weighted by atomic mass is 10.4. The van der Waals surface area contributed by atoms with Crippen molar-refractivity contribution in [2.75, 3.05) is 5.75 Å². The van der Waals surface area contributed by atoms with Crippen molar-refractivity contribution in [3.05, 3.63) is 11.7 Å². The Bertz CT molecular complexity index is 349. The average Bonchev–Trinajstić information content (AvgIpc) is 2.94. The van der Waals surface area contributed by atoms with Crippen LogP contribution in [0.3, 0.4) is 0 Å². The van der Waals surface area contributed by atoms with Crippen molar-refractivity contribution in [1.29, 1.82) is 0 Å². The van der Waals surface area contributed by atoms with E-state index in [4.69, 9.17) is 9.63 Å². The first-order chi connectivity index (χ1) is 7.25. The van der Waals surface area contributed by atoms with Gasteiger partial charge in [0.2, 0.25) is 5.89 Å². The Morgan fingerprint density at radius 2 is 2.40 bits per heavy atom. The maximum atomic E-state index is 10.2. The van der Waals surface area contributed by atoms with Gasteiger partial charge in [0.05, 0.1) is 12.2 Å². The third-order valence-electron chi connectivity index (χ3n) is 2.11. The number of aliphatic carboxylic acids is 1. The highest BCUT2D eigenvalue weighted by molar-refractivity contribution is 7.98. The molecular formula is C9H12N2O3S. The third-order valence-corrected chi connectivity index (χ3v) is 3.06. The molecule has 1 aliphatic carbocycles. The lowest BCUT2D eigenvalue weighted by Gasteiger charge is -1.93. The molecule has 0 saturated heterocycles. The van der Waals surface area contributed by atoms with E-state index in [1.807, 2.05) is 0 Å². The van der Waals surface area contributed by atoms with Crippen LogP contribution in [-0.4, -0.2) is 27.0 Å². The summed E-state index contributed by atoms with van der Waals surface area (Å²) in [7, 11) is 0. The van der Waals surface area contributed by atoms with Gasteiger partial charge in [-0.2, -0.15) is 16.7 Å². The van der Waals surface area contributed by atoms with Crippen LogP contribution in [0, 0.1) is 0 Å². The summed E-state index contributed by atoms with van der Waals surface area (Å²) in [4.78, 5) is 14.5. The molecule has 0 radical (unpaired) electrons. The van der Waals surface area contributed by atoms with Crippen LogP contribution < -0.4 is 0 Å². The molecule has 6 heteroatoms. The van der Waals surface area contributed by atoms with Crippen LogP contribution in [0.25, 0.3) is 0 Å². The molecular weight excluding hydrogens is 216 g/mol. The molecule has 0 aliphatic heterocycles. The third kappa shape index (κ3) is 3.23. The lowest BCUT2D eigenvalue weighted by Crippen LogP contribution is -1.96. The Labute approximate surface area is 91.2 Å². The molecule has 1 saturated carbocycles. The number of carboxylic acids is 1. The van der Waals surface area contributed by atoms with E-state index in [2.05, 4.69) is 10.1 Å². The Balaban J connectivity index is 1.71. The summed E-state index contributed by atoms with van der Waals surface area (Å²) in [5.41, 5.74) is 0. The number of nitrogens with zero attached hydrogens (tertiary/aromatic N) is 2. The van der Waals surface area contributed by atoms with Gasteiger partial charge in [-0.3, -0.25) is 4.79 Å². The zero-order valence-electron chi connectivity index (χ0n) is 8.18. The van der Waals surface area contributed by atoms with Crippen LogP contribution >= 0.6 is 11.8 Å². The number of aromatic nitrogens is 2. The van der Waals surface area contributed by atoms with E-state index in [0.29, 0.717) is 23.3 Å². The van der Waals surface area contributed by atoms with E-state index in [1.54, 1.807) is 0 Å². The molecule has 5 nitrogen and oxygen atoms in total. The molecule has 0 unspecified atom stereocenters. The number of carbonyl (C=O) groups is 1. The van der Waals surface area contributed by atoms with Crippen molar-refractivity contribution in [2.24, 2.45) is 0 Å². The second-order valence-electron chi connectivity index (χ2n) is 3.52. The van der Waals surface area contributed by atoms with Crippen LogP contribution in [0.5, 0.6) is 0 Å². The Morgan fingerprint density at radius 1 is 1.60 bits per heavy atom. The average molecular weight is 228 g/mol. The van der Waals surface area contributed by atoms with Gasteiger partial charge in [-0.25, -0.2) is 0 Å². The van der Waals surface area contributed by atoms with Crippen LogP contribution in [0.1, 0.15) is 36.9 Å². The summed E-state index contributed by atoms with van der Waals surface area (Å²) >= 11 is 1.50. The molecule has 2 rings (SSSR count). The van der Waals surface area contributed by atoms with Crippen molar-refractivity contribution >= 4 is 17.7 Å². The molecule has 0 bridgehead atoms. The summed E-state index contributed by atoms with van der Waals surface area (Å²) in [5.74, 6) is 2.33. The molecule has 0 atom stereocenters. The normalized spacial score (nSPS) is 15.5. The fourth-order valence-electron chi connectivity index (χ4n) is 1.15. The number of hydrogen-bond acceptors (Lipinski definition) is 5. The molecule has 0 spiro atoms. The van der Waals surface area contributed by atoms with Gasteiger partial charge in [-0.1, -0.05) is 5.16 Å². The highest BCUT2D eigenvalue weighted by Crippen LogP contribution is 2.38. The number of rotatable bonds is 6. The quantitative estimate of drug-likeness (QED) is 0.746. The fraction of sp³-hybridized carbons (Fsp3) is 0.667. The van der Waals surface area contributed by atoms with Crippen molar-refractivity contribution in [3.63, 3.8) is 0 Å². The second kappa shape index (κ2) is 4.65. The second-order valence-corrected chi connectivity index (χ2v) is 4.62. The first kappa shape index (κ1) is 10.5. The minimum absolute atomic E-state index is 0.175. The Morgan fingerprint density at radius 3 is 3.07 bits per heavy atom. The van der Waals surface area contributed by atoms with Gasteiger partial charge in [0.15, 0.2) is 5.82 Å². The van der Waals surface area contributed by atoms with Crippen molar-refractivity contribution in [2.45, 2.75) is 30.9 Å². The van der Waals surface area contributed by atoms with E-state index >= 15 is 0 Å². The van der Waals surface area contributed by atoms with Crippen LogP contribution in [-0.2, 0) is 10.5 Å². The predicted octanol–water partition coefficient (Wildman–Crippen LogP) is 1.65. The van der Waals surface area contributed by atoms with Crippen LogP contribution in [0.15, 0.2) is 4.52 Å². The number of hydrogen-bond donors (Lipinski definition) is 1. The number of carboxylic acid groups (broad SMARTS) is 1. The smallest absolute Gasteiger partial charge is 0.304 e. The summed E-state index contributed by atoms with van der Waals surface area (Å²) in [6, 6.07) is 0. The molecule has 1 fully saturated rings. The van der Waals surface area contributed by atoms with Crippen molar-refractivity contribution in [3.8, 4) is 0 Å². The van der Waals surface area contributed by atoms with Gasteiger partial charge in [0, 0.05) is 11.7 Å². The van der Waals surface area contributed by atoms with E-state index < -0.39 is 5.97 Å². The molecule has 0 amide bonds. The van der Waals surface area contributed by atoms with Crippen LogP contribution in [0.2, 0.25) is 0 Å². The zero-order valence-corrected chi connectivity index (χ0v) is 9.00. The molecule has 1 heterocycles. The molecule has 1 aromatic heterocycles. The minimum Gasteiger partial charge on any atom is -0.481 e. The Hall–Kier alpha value is -1.04. The monoisotopic (exact) mass is 228 g/mol. The standard InChI is InChI=1S/C9H12N2O3S/c12-8(13)3-4-15-5-7-10-9(11-14-7)6-1-2-6/h6H,1-5H2,(H,12,13). The van der Waals surface area contributed by atoms with Crippen LogP contribution in [0.4, 0.5) is 0 Å². The zero-order chi connectivity index (χ0) is 10.7. The summed E-state index contributed by atoms with van der Waals surface area (Å²) in [6.45, 7) is 0. The summed E-state index contributed by atoms with van der Waals surface area (Å²) in [5, 5.41) is 12.3. The Kier molecular flexibility index (Phi) is 3.25. The lowest BCUT2D eigenvalue weighted by molar-refractivity contribution is -0.136. The van der Waals surface area contributed by atoms with Crippen molar-refractivity contribution < 1.29 is 14.4 Å². The van der Waals surface area contributed by atoms with Gasteiger partial charge in [-0.15, -0.1) is 0 Å². The van der Waals surface area contributed by atoms with Gasteiger partial charge in [0.1, 0.15) is 0 Å². The van der Waals surface area contributed by atoms with E-state index in [0.717, 1.165) is 18.7 Å². The van der Waals surface area contributed by atoms with Gasteiger partial charge >= 0.3 is 5.97 Å². The maximum Gasteiger partial charge on any atom is 0.304 e. The molecule has 15 heavy (non-hydrogen) atoms. The van der Waals surface area contributed by atoms with E-state index in [9.17, 15) is 4.79 Å². The predicted molar refractivity (Wildman–Crippen MR) is 54.7 cm³/mol. The largest absolute Gasteiger partial charge is 0.481 e. The highest BCUT2D eigenvalue weighted by Gasteiger charge is 2.28. The van der Waals surface area contributed by atoms with E-state index in [-0.39, 0.29) is 6.42 Å². The first-order valence-corrected chi connectivity index (χ1v) is 6.03. The first-order valence-electron chi connectivity index (χ1n) is 4.87. The fourth-order valence-corrected chi connectivity index (χ4v) is 1.91. The highest BCUT2D eigenvalue weighted by atomic mass is 32.2.